The molecule has 0 radical (unpaired) electrons. The van der Waals surface area contributed by atoms with Crippen LogP contribution in [-0.2, 0) is 16.1 Å². The molecule has 0 aromatic heterocycles. The van der Waals surface area contributed by atoms with E-state index in [1.165, 1.54) is 16.3 Å². The monoisotopic (exact) mass is 511 g/mol. The standard InChI is InChI=1S/C33H34FNO3/c1-2-9-32(34)38-33(36)35-19-18-30(29-15-8-14-28(21-29)25-10-4-3-5-11-25)31(22-35)37-23-24-16-17-26-12-6-7-13-27(26)20-24/h3-8,10-17,20-21,30-32H,2,9,18-19,22-23H2,1H3/t30-,31+,32?/m1/s1. The molecule has 0 saturated carbocycles. The Morgan fingerprint density at radius 3 is 2.50 bits per heavy atom. The second-order valence-electron chi connectivity index (χ2n) is 9.95. The molecule has 5 heteroatoms. The number of nitrogens with zero attached hydrogens (tertiary/aromatic N) is 1. The van der Waals surface area contributed by atoms with Gasteiger partial charge in [0.15, 0.2) is 0 Å². The van der Waals surface area contributed by atoms with Crippen molar-refractivity contribution in [2.75, 3.05) is 13.1 Å². The summed E-state index contributed by atoms with van der Waals surface area (Å²) in [4.78, 5) is 14.3. The minimum atomic E-state index is -1.58. The highest BCUT2D eigenvalue weighted by Gasteiger charge is 2.34. The minimum absolute atomic E-state index is 0.0972. The second kappa shape index (κ2) is 12.2. The molecule has 5 rings (SSSR count). The molecule has 38 heavy (non-hydrogen) atoms. The number of ether oxygens (including phenoxy) is 2. The van der Waals surface area contributed by atoms with Gasteiger partial charge in [0.25, 0.3) is 0 Å². The third-order valence-corrected chi connectivity index (χ3v) is 7.26. The fourth-order valence-electron chi connectivity index (χ4n) is 5.21. The lowest BCUT2D eigenvalue weighted by Gasteiger charge is -2.38. The summed E-state index contributed by atoms with van der Waals surface area (Å²) in [7, 11) is 0. The molecule has 1 heterocycles. The summed E-state index contributed by atoms with van der Waals surface area (Å²) in [5.74, 6) is 0.0972. The Kier molecular flexibility index (Phi) is 8.34. The Morgan fingerprint density at radius 1 is 0.921 bits per heavy atom. The number of amides is 1. The third kappa shape index (κ3) is 6.22. The zero-order valence-electron chi connectivity index (χ0n) is 21.8. The number of hydrogen-bond donors (Lipinski definition) is 0. The average molecular weight is 512 g/mol. The molecule has 4 nitrogen and oxygen atoms in total. The zero-order chi connectivity index (χ0) is 26.3. The first-order valence-corrected chi connectivity index (χ1v) is 13.4. The quantitative estimate of drug-likeness (QED) is 0.240. The molecule has 4 aromatic rings. The first kappa shape index (κ1) is 25.9. The first-order chi connectivity index (χ1) is 18.6. The SMILES string of the molecule is CCCC(F)OC(=O)N1CC[C@H](c2cccc(-c3ccccc3)c2)[C@@H](OCc2ccc3ccccc3c2)C1. The van der Waals surface area contributed by atoms with E-state index in [1.807, 2.05) is 37.3 Å². The first-order valence-electron chi connectivity index (χ1n) is 13.4. The van der Waals surface area contributed by atoms with Crippen molar-refractivity contribution in [3.63, 3.8) is 0 Å². The molecular formula is C33H34FNO3. The van der Waals surface area contributed by atoms with Crippen molar-refractivity contribution in [2.24, 2.45) is 0 Å². The van der Waals surface area contributed by atoms with Crippen molar-refractivity contribution in [1.29, 1.82) is 0 Å². The van der Waals surface area contributed by atoms with E-state index in [1.54, 1.807) is 4.90 Å². The molecule has 0 bridgehead atoms. The van der Waals surface area contributed by atoms with Crippen LogP contribution in [0.25, 0.3) is 21.9 Å². The molecule has 1 fully saturated rings. The topological polar surface area (TPSA) is 38.8 Å². The van der Waals surface area contributed by atoms with Crippen molar-refractivity contribution in [1.82, 2.24) is 4.90 Å². The highest BCUT2D eigenvalue weighted by molar-refractivity contribution is 5.83. The van der Waals surface area contributed by atoms with E-state index in [9.17, 15) is 9.18 Å². The second-order valence-corrected chi connectivity index (χ2v) is 9.95. The number of carbonyl (C=O) groups excluding carboxylic acids is 1. The van der Waals surface area contributed by atoms with E-state index in [-0.39, 0.29) is 18.4 Å². The van der Waals surface area contributed by atoms with E-state index in [4.69, 9.17) is 9.47 Å². The number of piperidine rings is 1. The van der Waals surface area contributed by atoms with Gasteiger partial charge in [0.2, 0.25) is 6.36 Å². The summed E-state index contributed by atoms with van der Waals surface area (Å²) >= 11 is 0. The highest BCUT2D eigenvalue weighted by atomic mass is 19.1. The van der Waals surface area contributed by atoms with Gasteiger partial charge in [-0.25, -0.2) is 9.18 Å². The lowest BCUT2D eigenvalue weighted by molar-refractivity contribution is -0.0462. The van der Waals surface area contributed by atoms with Crippen molar-refractivity contribution in [3.05, 3.63) is 108 Å². The number of carbonyl (C=O) groups is 1. The van der Waals surface area contributed by atoms with Crippen LogP contribution in [0.1, 0.15) is 43.2 Å². The summed E-state index contributed by atoms with van der Waals surface area (Å²) in [6.45, 7) is 3.14. The highest BCUT2D eigenvalue weighted by Crippen LogP contribution is 2.34. The van der Waals surface area contributed by atoms with E-state index in [0.717, 1.165) is 16.7 Å². The molecule has 1 aliphatic rings. The largest absolute Gasteiger partial charge is 0.415 e. The normalized spacial score (nSPS) is 18.3. The molecule has 4 aromatic carbocycles. The maximum atomic E-state index is 14.0. The summed E-state index contributed by atoms with van der Waals surface area (Å²) in [5.41, 5.74) is 4.57. The Labute approximate surface area is 224 Å². The van der Waals surface area contributed by atoms with Crippen LogP contribution in [-0.4, -0.2) is 36.5 Å². The number of alkyl halides is 1. The van der Waals surface area contributed by atoms with Gasteiger partial charge in [0, 0.05) is 18.9 Å². The minimum Gasteiger partial charge on any atom is -0.415 e. The Bertz CT molecular complexity index is 1360. The van der Waals surface area contributed by atoms with Crippen LogP contribution in [0.2, 0.25) is 0 Å². The molecule has 1 saturated heterocycles. The average Bonchev–Trinajstić information content (AvgIpc) is 2.96. The molecule has 0 spiro atoms. The summed E-state index contributed by atoms with van der Waals surface area (Å²) in [6, 6.07) is 33.5. The van der Waals surface area contributed by atoms with Crippen molar-refractivity contribution >= 4 is 16.9 Å². The van der Waals surface area contributed by atoms with E-state index in [0.29, 0.717) is 32.5 Å². The van der Waals surface area contributed by atoms with Gasteiger partial charge in [-0.2, -0.15) is 0 Å². The van der Waals surface area contributed by atoms with Gasteiger partial charge < -0.3 is 14.4 Å². The van der Waals surface area contributed by atoms with Gasteiger partial charge >= 0.3 is 6.09 Å². The molecular weight excluding hydrogens is 477 g/mol. The number of fused-ring (bicyclic) bond motifs is 1. The van der Waals surface area contributed by atoms with Crippen LogP contribution in [0.4, 0.5) is 9.18 Å². The molecule has 1 unspecified atom stereocenters. The van der Waals surface area contributed by atoms with Gasteiger partial charge in [-0.15, -0.1) is 0 Å². The fraction of sp³-hybridized carbons (Fsp3) is 0.303. The smallest absolute Gasteiger partial charge is 0.412 e. The van der Waals surface area contributed by atoms with Gasteiger partial charge in [0.05, 0.1) is 19.3 Å². The van der Waals surface area contributed by atoms with E-state index in [2.05, 4.69) is 66.7 Å². The Hall–Kier alpha value is -3.70. The summed E-state index contributed by atoms with van der Waals surface area (Å²) in [6.07, 6.45) is -0.910. The van der Waals surface area contributed by atoms with E-state index < -0.39 is 12.5 Å². The fourth-order valence-corrected chi connectivity index (χ4v) is 5.21. The summed E-state index contributed by atoms with van der Waals surface area (Å²) in [5, 5.41) is 2.35. The molecule has 3 atom stereocenters. The van der Waals surface area contributed by atoms with Crippen molar-refractivity contribution in [3.8, 4) is 11.1 Å². The molecule has 1 amide bonds. The molecule has 196 valence electrons. The Morgan fingerprint density at radius 2 is 1.68 bits per heavy atom. The molecule has 0 N–H and O–H groups in total. The third-order valence-electron chi connectivity index (χ3n) is 7.26. The van der Waals surface area contributed by atoms with Crippen LogP contribution in [0.5, 0.6) is 0 Å². The maximum Gasteiger partial charge on any atom is 0.412 e. The number of halogens is 1. The summed E-state index contributed by atoms with van der Waals surface area (Å²) < 4.78 is 25.6. The predicted octanol–water partition coefficient (Wildman–Crippen LogP) is 8.11. The van der Waals surface area contributed by atoms with Gasteiger partial charge in [0.1, 0.15) is 0 Å². The zero-order valence-corrected chi connectivity index (χ0v) is 21.8. The van der Waals surface area contributed by atoms with Gasteiger partial charge in [-0.1, -0.05) is 97.9 Å². The number of benzene rings is 4. The number of rotatable bonds is 8. The predicted molar refractivity (Wildman–Crippen MR) is 150 cm³/mol. The van der Waals surface area contributed by atoms with Gasteiger partial charge in [-0.3, -0.25) is 0 Å². The van der Waals surface area contributed by atoms with Gasteiger partial charge in [-0.05, 0) is 51.9 Å². The lowest BCUT2D eigenvalue weighted by Crippen LogP contribution is -2.47. The van der Waals surface area contributed by atoms with Crippen LogP contribution in [0.15, 0.2) is 97.1 Å². The van der Waals surface area contributed by atoms with Crippen molar-refractivity contribution in [2.45, 2.75) is 51.2 Å². The number of likely N-dealkylation sites (tertiary alicyclic amines) is 1. The van der Waals surface area contributed by atoms with Crippen LogP contribution < -0.4 is 0 Å². The lowest BCUT2D eigenvalue weighted by atomic mass is 9.85. The van der Waals surface area contributed by atoms with Crippen molar-refractivity contribution < 1.29 is 18.7 Å². The van der Waals surface area contributed by atoms with Crippen LogP contribution in [0, 0.1) is 0 Å². The van der Waals surface area contributed by atoms with Crippen LogP contribution >= 0.6 is 0 Å². The molecule has 0 aliphatic carbocycles. The maximum absolute atomic E-state index is 14.0. The van der Waals surface area contributed by atoms with Crippen LogP contribution in [0.3, 0.4) is 0 Å². The Balaban J connectivity index is 1.36. The number of hydrogen-bond acceptors (Lipinski definition) is 3. The van der Waals surface area contributed by atoms with E-state index >= 15 is 0 Å². The molecule has 1 aliphatic heterocycles.